The number of benzene rings is 1. The smallest absolute Gasteiger partial charge is 0.269 e. The Hall–Kier alpha value is -2.48. The van der Waals surface area contributed by atoms with Gasteiger partial charge in [0.25, 0.3) is 5.69 Å². The number of aromatic nitrogens is 3. The second kappa shape index (κ2) is 8.06. The Morgan fingerprint density at radius 1 is 1.28 bits per heavy atom. The summed E-state index contributed by atoms with van der Waals surface area (Å²) >= 11 is 0. The monoisotopic (exact) mass is 348 g/mol. The van der Waals surface area contributed by atoms with E-state index in [0.717, 1.165) is 6.42 Å². The Morgan fingerprint density at radius 2 is 1.96 bits per heavy atom. The van der Waals surface area contributed by atoms with E-state index in [9.17, 15) is 10.1 Å². The van der Waals surface area contributed by atoms with Crippen LogP contribution in [0.25, 0.3) is 0 Å². The molecule has 0 spiro atoms. The van der Waals surface area contributed by atoms with E-state index in [4.69, 9.17) is 9.47 Å². The van der Waals surface area contributed by atoms with Gasteiger partial charge in [0.2, 0.25) is 6.23 Å². The van der Waals surface area contributed by atoms with Gasteiger partial charge >= 0.3 is 0 Å². The molecule has 8 heteroatoms. The lowest BCUT2D eigenvalue weighted by Gasteiger charge is -2.38. The fourth-order valence-corrected chi connectivity index (χ4v) is 2.46. The zero-order valence-electron chi connectivity index (χ0n) is 15.0. The molecule has 0 fully saturated rings. The molecule has 0 saturated carbocycles. The second-order valence-electron chi connectivity index (χ2n) is 6.35. The molecule has 1 heterocycles. The van der Waals surface area contributed by atoms with Crippen molar-refractivity contribution in [2.45, 2.75) is 46.4 Å². The van der Waals surface area contributed by atoms with Crippen LogP contribution < -0.4 is 4.74 Å². The van der Waals surface area contributed by atoms with Crippen LogP contribution in [0.15, 0.2) is 36.9 Å². The van der Waals surface area contributed by atoms with Crippen LogP contribution in [0.5, 0.6) is 5.75 Å². The number of rotatable bonds is 9. The van der Waals surface area contributed by atoms with Crippen LogP contribution in [0, 0.1) is 15.5 Å². The van der Waals surface area contributed by atoms with Gasteiger partial charge in [-0.3, -0.25) is 10.1 Å². The first-order valence-electron chi connectivity index (χ1n) is 8.26. The summed E-state index contributed by atoms with van der Waals surface area (Å²) in [5.74, 6) is 0.503. The molecule has 8 nitrogen and oxygen atoms in total. The molecule has 136 valence electrons. The van der Waals surface area contributed by atoms with Gasteiger partial charge in [-0.15, -0.1) is 0 Å². The summed E-state index contributed by atoms with van der Waals surface area (Å²) in [4.78, 5) is 14.4. The zero-order valence-corrected chi connectivity index (χ0v) is 15.0. The first-order chi connectivity index (χ1) is 11.9. The van der Waals surface area contributed by atoms with Gasteiger partial charge in [0.15, 0.2) is 0 Å². The highest BCUT2D eigenvalue weighted by Gasteiger charge is 2.38. The third kappa shape index (κ3) is 4.54. The fourth-order valence-electron chi connectivity index (χ4n) is 2.46. The summed E-state index contributed by atoms with van der Waals surface area (Å²) in [5.41, 5.74) is -0.159. The second-order valence-corrected chi connectivity index (χ2v) is 6.35. The van der Waals surface area contributed by atoms with Crippen molar-refractivity contribution >= 4 is 5.69 Å². The first-order valence-corrected chi connectivity index (χ1v) is 8.26. The maximum absolute atomic E-state index is 10.8. The minimum atomic E-state index is -0.543. The number of non-ortho nitro benzene ring substituents is 1. The van der Waals surface area contributed by atoms with Crippen molar-refractivity contribution in [3.8, 4) is 5.75 Å². The van der Waals surface area contributed by atoms with Crippen LogP contribution in [-0.4, -0.2) is 32.4 Å². The van der Waals surface area contributed by atoms with E-state index < -0.39 is 11.2 Å². The van der Waals surface area contributed by atoms with Crippen molar-refractivity contribution in [3.05, 3.63) is 47.0 Å². The minimum Gasteiger partial charge on any atom is -0.466 e. The van der Waals surface area contributed by atoms with Gasteiger partial charge in [0, 0.05) is 18.7 Å². The molecule has 0 saturated heterocycles. The van der Waals surface area contributed by atoms with E-state index in [2.05, 4.69) is 30.9 Å². The summed E-state index contributed by atoms with van der Waals surface area (Å²) in [7, 11) is 0. The lowest BCUT2D eigenvalue weighted by atomic mass is 9.82. The molecule has 1 aromatic carbocycles. The number of ether oxygens (including phenoxy) is 2. The van der Waals surface area contributed by atoms with E-state index in [-0.39, 0.29) is 17.2 Å². The van der Waals surface area contributed by atoms with Gasteiger partial charge in [-0.25, -0.2) is 9.67 Å². The van der Waals surface area contributed by atoms with Crippen LogP contribution in [0.4, 0.5) is 5.69 Å². The third-order valence-electron chi connectivity index (χ3n) is 4.29. The SMILES string of the molecule is CCOC(C(Oc1ccc([N+](=O)[O-])cc1)n1cncn1)C(C)(C)CC. The fraction of sp³-hybridized carbons (Fsp3) is 0.529. The number of hydrogen-bond donors (Lipinski definition) is 0. The molecule has 2 rings (SSSR count). The largest absolute Gasteiger partial charge is 0.466 e. The summed E-state index contributed by atoms with van der Waals surface area (Å²) in [6, 6.07) is 5.97. The summed E-state index contributed by atoms with van der Waals surface area (Å²) in [5, 5.41) is 15.0. The van der Waals surface area contributed by atoms with Crippen molar-refractivity contribution in [2.75, 3.05) is 6.61 Å². The molecule has 2 aromatic rings. The third-order valence-corrected chi connectivity index (χ3v) is 4.29. The minimum absolute atomic E-state index is 0.0138. The van der Waals surface area contributed by atoms with Crippen LogP contribution in [0.1, 0.15) is 40.3 Å². The Balaban J connectivity index is 2.34. The molecule has 0 amide bonds. The Kier molecular flexibility index (Phi) is 6.08. The molecule has 25 heavy (non-hydrogen) atoms. The number of nitro groups is 1. The summed E-state index contributed by atoms with van der Waals surface area (Å²) < 4.78 is 13.7. The molecule has 0 aliphatic heterocycles. The van der Waals surface area contributed by atoms with E-state index in [1.54, 1.807) is 23.1 Å². The predicted octanol–water partition coefficient (Wildman–Crippen LogP) is 3.61. The zero-order chi connectivity index (χ0) is 18.4. The lowest BCUT2D eigenvalue weighted by Crippen LogP contribution is -2.42. The van der Waals surface area contributed by atoms with Crippen molar-refractivity contribution < 1.29 is 14.4 Å². The maximum Gasteiger partial charge on any atom is 0.269 e. The van der Waals surface area contributed by atoms with Gasteiger partial charge in [-0.2, -0.15) is 5.10 Å². The molecule has 0 aliphatic rings. The quantitative estimate of drug-likeness (QED) is 0.508. The van der Waals surface area contributed by atoms with Crippen LogP contribution >= 0.6 is 0 Å². The lowest BCUT2D eigenvalue weighted by molar-refractivity contribution is -0.384. The number of nitrogens with zero attached hydrogens (tertiary/aromatic N) is 4. The van der Waals surface area contributed by atoms with Gasteiger partial charge in [-0.05, 0) is 30.9 Å². The molecule has 2 unspecified atom stereocenters. The molecule has 0 N–H and O–H groups in total. The predicted molar refractivity (Wildman–Crippen MR) is 92.3 cm³/mol. The molecule has 1 aromatic heterocycles. The number of nitro benzene ring substituents is 1. The van der Waals surface area contributed by atoms with Crippen molar-refractivity contribution in [1.82, 2.24) is 14.8 Å². The molecule has 0 aliphatic carbocycles. The summed E-state index contributed by atoms with van der Waals surface area (Å²) in [6.45, 7) is 8.77. The standard InChI is InChI=1S/C17H24N4O4/c1-5-17(3,4)15(24-6-2)16(20-12-18-11-19-20)25-14-9-7-13(8-10-14)21(22)23/h7-12,15-16H,5-6H2,1-4H3. The van der Waals surface area contributed by atoms with Crippen molar-refractivity contribution in [3.63, 3.8) is 0 Å². The highest BCUT2D eigenvalue weighted by molar-refractivity contribution is 5.36. The average molecular weight is 348 g/mol. The van der Waals surface area contributed by atoms with E-state index in [0.29, 0.717) is 12.4 Å². The van der Waals surface area contributed by atoms with Crippen LogP contribution in [0.2, 0.25) is 0 Å². The normalized spacial score (nSPS) is 14.1. The average Bonchev–Trinajstić information content (AvgIpc) is 3.12. The van der Waals surface area contributed by atoms with Gasteiger partial charge in [0.05, 0.1) is 4.92 Å². The Labute approximate surface area is 146 Å². The van der Waals surface area contributed by atoms with Gasteiger partial charge < -0.3 is 9.47 Å². The van der Waals surface area contributed by atoms with Gasteiger partial charge in [-0.1, -0.05) is 20.8 Å². The first kappa shape index (κ1) is 18.9. The number of hydrogen-bond acceptors (Lipinski definition) is 6. The topological polar surface area (TPSA) is 92.3 Å². The van der Waals surface area contributed by atoms with E-state index >= 15 is 0 Å². The molecule has 2 atom stereocenters. The van der Waals surface area contributed by atoms with Crippen LogP contribution in [0.3, 0.4) is 0 Å². The van der Waals surface area contributed by atoms with Crippen molar-refractivity contribution in [2.24, 2.45) is 5.41 Å². The van der Waals surface area contributed by atoms with Crippen LogP contribution in [-0.2, 0) is 4.74 Å². The van der Waals surface area contributed by atoms with Crippen molar-refractivity contribution in [1.29, 1.82) is 0 Å². The maximum atomic E-state index is 10.8. The highest BCUT2D eigenvalue weighted by Crippen LogP contribution is 2.36. The summed E-state index contributed by atoms with van der Waals surface area (Å²) in [6.07, 6.45) is 3.08. The van der Waals surface area contributed by atoms with E-state index in [1.807, 2.05) is 6.92 Å². The van der Waals surface area contributed by atoms with E-state index in [1.165, 1.54) is 18.5 Å². The molecule has 0 radical (unpaired) electrons. The molecular weight excluding hydrogens is 324 g/mol. The molecular formula is C17H24N4O4. The molecule has 0 bridgehead atoms. The Bertz CT molecular complexity index is 670. The highest BCUT2D eigenvalue weighted by atomic mass is 16.6. The Morgan fingerprint density at radius 3 is 2.44 bits per heavy atom. The van der Waals surface area contributed by atoms with Gasteiger partial charge in [0.1, 0.15) is 24.5 Å².